The minimum atomic E-state index is -0.198. The lowest BCUT2D eigenvalue weighted by Crippen LogP contribution is -2.52. The number of ether oxygens (including phenoxy) is 1. The standard InChI is InChI=1S/C22H28N2O2.ClH/c1-17-7-2-3-9-19(17)15-26-20-10-6-8-18(13-20)14-21(25)24-22(16-23)11-4-5-12-22;/h2-3,6-10,13H,4-5,11-12,14-16,23H2,1H3,(H,24,25);1H. The van der Waals surface area contributed by atoms with Gasteiger partial charge in [0.1, 0.15) is 12.4 Å². The Kier molecular flexibility index (Phi) is 7.69. The van der Waals surface area contributed by atoms with Crippen molar-refractivity contribution in [3.8, 4) is 5.75 Å². The molecule has 1 amide bonds. The van der Waals surface area contributed by atoms with Gasteiger partial charge in [0.15, 0.2) is 0 Å². The van der Waals surface area contributed by atoms with Crippen LogP contribution in [0.5, 0.6) is 5.75 Å². The molecule has 0 radical (unpaired) electrons. The average Bonchev–Trinajstić information content (AvgIpc) is 3.10. The zero-order chi connectivity index (χ0) is 18.4. The van der Waals surface area contributed by atoms with Crippen LogP contribution in [0, 0.1) is 6.92 Å². The quantitative estimate of drug-likeness (QED) is 0.755. The molecule has 1 fully saturated rings. The molecule has 0 bridgehead atoms. The van der Waals surface area contributed by atoms with Gasteiger partial charge in [-0.2, -0.15) is 0 Å². The van der Waals surface area contributed by atoms with E-state index in [1.807, 2.05) is 36.4 Å². The van der Waals surface area contributed by atoms with Gasteiger partial charge in [0, 0.05) is 6.54 Å². The molecule has 0 saturated heterocycles. The van der Waals surface area contributed by atoms with E-state index in [-0.39, 0.29) is 23.9 Å². The van der Waals surface area contributed by atoms with E-state index in [0.29, 0.717) is 19.6 Å². The van der Waals surface area contributed by atoms with Crippen LogP contribution in [-0.4, -0.2) is 18.0 Å². The van der Waals surface area contributed by atoms with Crippen LogP contribution in [0.1, 0.15) is 42.4 Å². The summed E-state index contributed by atoms with van der Waals surface area (Å²) in [5.74, 6) is 0.821. The third-order valence-electron chi connectivity index (χ3n) is 5.27. The van der Waals surface area contributed by atoms with Gasteiger partial charge in [0.2, 0.25) is 5.91 Å². The number of carbonyl (C=O) groups excluding carboxylic acids is 1. The van der Waals surface area contributed by atoms with Gasteiger partial charge in [-0.05, 0) is 48.6 Å². The minimum absolute atomic E-state index is 0. The van der Waals surface area contributed by atoms with Crippen LogP contribution in [0.3, 0.4) is 0 Å². The molecule has 5 heteroatoms. The fourth-order valence-electron chi connectivity index (χ4n) is 3.64. The van der Waals surface area contributed by atoms with Crippen LogP contribution in [-0.2, 0) is 17.8 Å². The summed E-state index contributed by atoms with van der Waals surface area (Å²) in [5.41, 5.74) is 9.04. The molecule has 0 heterocycles. The molecule has 0 aromatic heterocycles. The Morgan fingerprint density at radius 3 is 2.59 bits per heavy atom. The maximum atomic E-state index is 12.5. The normalized spacial score (nSPS) is 15.0. The SMILES string of the molecule is Cc1ccccc1COc1cccc(CC(=O)NC2(CN)CCCC2)c1.Cl. The second-order valence-electron chi connectivity index (χ2n) is 7.28. The number of halogens is 1. The van der Waals surface area contributed by atoms with Gasteiger partial charge in [0.05, 0.1) is 12.0 Å². The lowest BCUT2D eigenvalue weighted by atomic mass is 9.97. The summed E-state index contributed by atoms with van der Waals surface area (Å²) in [7, 11) is 0. The van der Waals surface area contributed by atoms with Gasteiger partial charge < -0.3 is 15.8 Å². The van der Waals surface area contributed by atoms with Crippen LogP contribution in [0.2, 0.25) is 0 Å². The van der Waals surface area contributed by atoms with Gasteiger partial charge in [-0.3, -0.25) is 4.79 Å². The number of amides is 1. The molecule has 4 nitrogen and oxygen atoms in total. The Hall–Kier alpha value is -2.04. The first kappa shape index (κ1) is 21.3. The van der Waals surface area contributed by atoms with Gasteiger partial charge in [-0.15, -0.1) is 12.4 Å². The fourth-order valence-corrected chi connectivity index (χ4v) is 3.64. The molecule has 1 saturated carbocycles. The van der Waals surface area contributed by atoms with Crippen molar-refractivity contribution in [1.29, 1.82) is 0 Å². The number of aryl methyl sites for hydroxylation is 1. The first-order valence-corrected chi connectivity index (χ1v) is 9.38. The molecule has 0 atom stereocenters. The summed E-state index contributed by atoms with van der Waals surface area (Å²) < 4.78 is 5.92. The van der Waals surface area contributed by atoms with Crippen LogP contribution in [0.4, 0.5) is 0 Å². The Balaban J connectivity index is 0.00000261. The second-order valence-corrected chi connectivity index (χ2v) is 7.28. The summed E-state index contributed by atoms with van der Waals surface area (Å²) >= 11 is 0. The maximum Gasteiger partial charge on any atom is 0.224 e. The smallest absolute Gasteiger partial charge is 0.224 e. The van der Waals surface area contributed by atoms with Gasteiger partial charge in [0.25, 0.3) is 0 Å². The van der Waals surface area contributed by atoms with E-state index in [1.165, 1.54) is 11.1 Å². The Morgan fingerprint density at radius 1 is 1.15 bits per heavy atom. The summed E-state index contributed by atoms with van der Waals surface area (Å²) in [6.07, 6.45) is 4.59. The summed E-state index contributed by atoms with van der Waals surface area (Å²) in [5, 5.41) is 3.17. The number of nitrogens with two attached hydrogens (primary N) is 1. The van der Waals surface area contributed by atoms with Crippen molar-refractivity contribution >= 4 is 18.3 Å². The summed E-state index contributed by atoms with van der Waals surface area (Å²) in [4.78, 5) is 12.5. The molecule has 0 aliphatic heterocycles. The Morgan fingerprint density at radius 2 is 1.89 bits per heavy atom. The maximum absolute atomic E-state index is 12.5. The molecular weight excluding hydrogens is 360 g/mol. The number of hydrogen-bond donors (Lipinski definition) is 2. The highest BCUT2D eigenvalue weighted by Crippen LogP contribution is 2.28. The summed E-state index contributed by atoms with van der Waals surface area (Å²) in [6, 6.07) is 16.0. The molecular formula is C22H29ClN2O2. The lowest BCUT2D eigenvalue weighted by molar-refractivity contribution is -0.122. The fraction of sp³-hybridized carbons (Fsp3) is 0.409. The van der Waals surface area contributed by atoms with Crippen molar-refractivity contribution in [2.75, 3.05) is 6.54 Å². The summed E-state index contributed by atoms with van der Waals surface area (Å²) in [6.45, 7) is 3.12. The average molecular weight is 389 g/mol. The van der Waals surface area contributed by atoms with E-state index in [1.54, 1.807) is 0 Å². The highest BCUT2D eigenvalue weighted by Gasteiger charge is 2.33. The van der Waals surface area contributed by atoms with Gasteiger partial charge in [-0.1, -0.05) is 49.2 Å². The molecule has 0 spiro atoms. The predicted octanol–water partition coefficient (Wildman–Crippen LogP) is 3.93. The van der Waals surface area contributed by atoms with E-state index >= 15 is 0 Å². The monoisotopic (exact) mass is 388 g/mol. The van der Waals surface area contributed by atoms with E-state index in [2.05, 4.69) is 24.4 Å². The van der Waals surface area contributed by atoms with Gasteiger partial charge >= 0.3 is 0 Å². The van der Waals surface area contributed by atoms with Crippen LogP contribution in [0.25, 0.3) is 0 Å². The molecule has 3 N–H and O–H groups in total. The number of rotatable bonds is 7. The first-order chi connectivity index (χ1) is 12.6. The van der Waals surface area contributed by atoms with Gasteiger partial charge in [-0.25, -0.2) is 0 Å². The Bertz CT molecular complexity index is 757. The zero-order valence-corrected chi connectivity index (χ0v) is 16.7. The number of benzene rings is 2. The lowest BCUT2D eigenvalue weighted by Gasteiger charge is -2.28. The van der Waals surface area contributed by atoms with Crippen molar-refractivity contribution < 1.29 is 9.53 Å². The third kappa shape index (κ3) is 5.72. The topological polar surface area (TPSA) is 64.3 Å². The third-order valence-corrected chi connectivity index (χ3v) is 5.27. The van der Waals surface area contributed by atoms with E-state index < -0.39 is 0 Å². The van der Waals surface area contributed by atoms with E-state index in [4.69, 9.17) is 10.5 Å². The number of carbonyl (C=O) groups is 1. The molecule has 1 aliphatic carbocycles. The largest absolute Gasteiger partial charge is 0.489 e. The molecule has 27 heavy (non-hydrogen) atoms. The van der Waals surface area contributed by atoms with E-state index in [9.17, 15) is 4.79 Å². The van der Waals surface area contributed by atoms with Crippen molar-refractivity contribution in [1.82, 2.24) is 5.32 Å². The highest BCUT2D eigenvalue weighted by molar-refractivity contribution is 5.85. The predicted molar refractivity (Wildman–Crippen MR) is 111 cm³/mol. The molecule has 146 valence electrons. The van der Waals surface area contributed by atoms with Crippen LogP contribution in [0.15, 0.2) is 48.5 Å². The molecule has 2 aromatic rings. The molecule has 0 unspecified atom stereocenters. The van der Waals surface area contributed by atoms with Crippen molar-refractivity contribution in [3.63, 3.8) is 0 Å². The first-order valence-electron chi connectivity index (χ1n) is 9.38. The number of nitrogens with one attached hydrogen (secondary N) is 1. The van der Waals surface area contributed by atoms with Crippen molar-refractivity contribution in [2.45, 2.75) is 51.2 Å². The molecule has 2 aromatic carbocycles. The second kappa shape index (κ2) is 9.77. The molecule has 1 aliphatic rings. The highest BCUT2D eigenvalue weighted by atomic mass is 35.5. The van der Waals surface area contributed by atoms with Crippen molar-refractivity contribution in [2.24, 2.45) is 5.73 Å². The van der Waals surface area contributed by atoms with Crippen LogP contribution < -0.4 is 15.8 Å². The van der Waals surface area contributed by atoms with Crippen molar-refractivity contribution in [3.05, 3.63) is 65.2 Å². The number of hydrogen-bond acceptors (Lipinski definition) is 3. The Labute approximate surface area is 167 Å². The molecule has 3 rings (SSSR count). The zero-order valence-electron chi connectivity index (χ0n) is 15.9. The minimum Gasteiger partial charge on any atom is -0.489 e. The van der Waals surface area contributed by atoms with Crippen LogP contribution >= 0.6 is 12.4 Å². The van der Waals surface area contributed by atoms with E-state index in [0.717, 1.165) is 37.0 Å².